The molecule has 0 saturated carbocycles. The van der Waals surface area contributed by atoms with Gasteiger partial charge >= 0.3 is 5.97 Å². The van der Waals surface area contributed by atoms with Gasteiger partial charge in [-0.05, 0) is 18.1 Å². The van der Waals surface area contributed by atoms with E-state index in [-0.39, 0.29) is 18.9 Å². The second-order valence-electron chi connectivity index (χ2n) is 5.45. The number of likely N-dealkylation sites (N-methyl/N-ethyl adjacent to an activating group) is 1. The number of carbonyl (C=O) groups is 2. The second kappa shape index (κ2) is 6.91. The van der Waals surface area contributed by atoms with Crippen molar-refractivity contribution in [3.8, 4) is 0 Å². The molecule has 0 aliphatic heterocycles. The fourth-order valence-electron chi connectivity index (χ4n) is 2.05. The summed E-state index contributed by atoms with van der Waals surface area (Å²) in [6.45, 7) is 0.121. The Bertz CT molecular complexity index is 693. The summed E-state index contributed by atoms with van der Waals surface area (Å²) in [4.78, 5) is 32.8. The van der Waals surface area contributed by atoms with Crippen LogP contribution in [0.25, 0.3) is 0 Å². The van der Waals surface area contributed by atoms with Gasteiger partial charge in [0.1, 0.15) is 18.3 Å². The lowest BCUT2D eigenvalue weighted by Gasteiger charge is -2.11. The molecule has 23 heavy (non-hydrogen) atoms. The number of nitrogens with zero attached hydrogens (tertiary/aromatic N) is 4. The highest BCUT2D eigenvalue weighted by molar-refractivity contribution is 5.76. The summed E-state index contributed by atoms with van der Waals surface area (Å²) in [5.41, 5.74) is 6.68. The van der Waals surface area contributed by atoms with Crippen molar-refractivity contribution in [2.24, 2.45) is 0 Å². The van der Waals surface area contributed by atoms with E-state index in [1.165, 1.54) is 11.2 Å². The minimum atomic E-state index is -0.981. The standard InChI is InChI=1S/C15H19N5O3/c1-19(2)14(21)8-20-7-12(18-9-20)11(15(22)23)5-10-3-4-13(16)17-6-10/h3-4,6-7,9,11H,5,8H2,1-2H3,(H2,16,17)(H,22,23). The number of carboxylic acid groups (broad SMARTS) is 1. The van der Waals surface area contributed by atoms with Crippen molar-refractivity contribution in [3.05, 3.63) is 42.1 Å². The van der Waals surface area contributed by atoms with Crippen LogP contribution in [0.4, 0.5) is 5.82 Å². The van der Waals surface area contributed by atoms with Gasteiger partial charge in [-0.15, -0.1) is 0 Å². The maximum Gasteiger partial charge on any atom is 0.312 e. The molecule has 2 aromatic heterocycles. The molecule has 3 N–H and O–H groups in total. The number of imidazole rings is 1. The number of nitrogen functional groups attached to an aromatic ring is 1. The highest BCUT2D eigenvalue weighted by Crippen LogP contribution is 2.20. The molecule has 8 nitrogen and oxygen atoms in total. The molecular formula is C15H19N5O3. The zero-order valence-electron chi connectivity index (χ0n) is 13.0. The lowest BCUT2D eigenvalue weighted by atomic mass is 9.98. The SMILES string of the molecule is CN(C)C(=O)Cn1cnc(C(Cc2ccc(N)nc2)C(=O)O)c1. The summed E-state index contributed by atoms with van der Waals surface area (Å²) in [5.74, 6) is -1.50. The molecule has 2 heterocycles. The summed E-state index contributed by atoms with van der Waals surface area (Å²) in [6.07, 6.45) is 4.86. The Balaban J connectivity index is 2.15. The first-order chi connectivity index (χ1) is 10.9. The Morgan fingerprint density at radius 2 is 2.09 bits per heavy atom. The molecule has 0 aliphatic carbocycles. The lowest BCUT2D eigenvalue weighted by molar-refractivity contribution is -0.138. The smallest absolute Gasteiger partial charge is 0.312 e. The number of aromatic nitrogens is 3. The molecule has 122 valence electrons. The fourth-order valence-corrected chi connectivity index (χ4v) is 2.05. The number of pyridine rings is 1. The van der Waals surface area contributed by atoms with Crippen molar-refractivity contribution in [1.82, 2.24) is 19.4 Å². The second-order valence-corrected chi connectivity index (χ2v) is 5.45. The molecular weight excluding hydrogens is 298 g/mol. The number of anilines is 1. The molecule has 1 atom stereocenters. The first-order valence-corrected chi connectivity index (χ1v) is 7.02. The fraction of sp³-hybridized carbons (Fsp3) is 0.333. The third kappa shape index (κ3) is 4.29. The Labute approximate surface area is 133 Å². The summed E-state index contributed by atoms with van der Waals surface area (Å²) in [7, 11) is 3.32. The number of carboxylic acids is 1. The summed E-state index contributed by atoms with van der Waals surface area (Å²) in [6, 6.07) is 3.37. The van der Waals surface area contributed by atoms with Gasteiger partial charge < -0.3 is 20.3 Å². The maximum absolute atomic E-state index is 11.7. The molecule has 1 unspecified atom stereocenters. The number of aliphatic carboxylic acids is 1. The van der Waals surface area contributed by atoms with Gasteiger partial charge in [-0.2, -0.15) is 0 Å². The first kappa shape index (κ1) is 16.5. The van der Waals surface area contributed by atoms with Crippen molar-refractivity contribution >= 4 is 17.7 Å². The Morgan fingerprint density at radius 1 is 1.35 bits per heavy atom. The molecule has 2 aromatic rings. The van der Waals surface area contributed by atoms with Crippen LogP contribution >= 0.6 is 0 Å². The molecule has 0 fully saturated rings. The Kier molecular flexibility index (Phi) is 4.95. The van der Waals surface area contributed by atoms with Crippen LogP contribution in [-0.2, 0) is 22.6 Å². The van der Waals surface area contributed by atoms with E-state index in [1.54, 1.807) is 43.2 Å². The van der Waals surface area contributed by atoms with Gasteiger partial charge in [-0.3, -0.25) is 9.59 Å². The number of hydrogen-bond acceptors (Lipinski definition) is 5. The van der Waals surface area contributed by atoms with E-state index in [2.05, 4.69) is 9.97 Å². The minimum Gasteiger partial charge on any atom is -0.481 e. The molecule has 0 spiro atoms. The van der Waals surface area contributed by atoms with Crippen LogP contribution in [0.2, 0.25) is 0 Å². The van der Waals surface area contributed by atoms with Crippen molar-refractivity contribution < 1.29 is 14.7 Å². The van der Waals surface area contributed by atoms with Crippen LogP contribution in [0.3, 0.4) is 0 Å². The number of hydrogen-bond donors (Lipinski definition) is 2. The van der Waals surface area contributed by atoms with Gasteiger partial charge in [-0.1, -0.05) is 6.07 Å². The third-order valence-electron chi connectivity index (χ3n) is 3.41. The average molecular weight is 317 g/mol. The molecule has 8 heteroatoms. The van der Waals surface area contributed by atoms with E-state index in [0.717, 1.165) is 5.56 Å². The number of nitrogens with two attached hydrogens (primary N) is 1. The first-order valence-electron chi connectivity index (χ1n) is 7.02. The van der Waals surface area contributed by atoms with Crippen molar-refractivity contribution in [2.75, 3.05) is 19.8 Å². The van der Waals surface area contributed by atoms with E-state index >= 15 is 0 Å². The summed E-state index contributed by atoms with van der Waals surface area (Å²) in [5, 5.41) is 9.45. The van der Waals surface area contributed by atoms with E-state index in [1.807, 2.05) is 0 Å². The van der Waals surface area contributed by atoms with Crippen LogP contribution in [0.1, 0.15) is 17.2 Å². The van der Waals surface area contributed by atoms with Gasteiger partial charge in [0.25, 0.3) is 0 Å². The van der Waals surface area contributed by atoms with E-state index in [9.17, 15) is 14.7 Å². The van der Waals surface area contributed by atoms with Gasteiger partial charge in [-0.25, -0.2) is 9.97 Å². The Morgan fingerprint density at radius 3 is 2.65 bits per heavy atom. The minimum absolute atomic E-state index is 0.0939. The third-order valence-corrected chi connectivity index (χ3v) is 3.41. The number of carbonyl (C=O) groups excluding carboxylic acids is 1. The normalized spacial score (nSPS) is 11.9. The number of rotatable bonds is 6. The topological polar surface area (TPSA) is 114 Å². The monoisotopic (exact) mass is 317 g/mol. The molecule has 0 bridgehead atoms. The van der Waals surface area contributed by atoms with Crippen molar-refractivity contribution in [1.29, 1.82) is 0 Å². The van der Waals surface area contributed by atoms with Crippen LogP contribution < -0.4 is 5.73 Å². The molecule has 0 radical (unpaired) electrons. The van der Waals surface area contributed by atoms with Crippen LogP contribution in [0.15, 0.2) is 30.9 Å². The molecule has 0 saturated heterocycles. The van der Waals surface area contributed by atoms with Gasteiger partial charge in [0, 0.05) is 26.5 Å². The van der Waals surface area contributed by atoms with E-state index < -0.39 is 11.9 Å². The average Bonchev–Trinajstić information content (AvgIpc) is 2.94. The molecule has 1 amide bonds. The number of amides is 1. The van der Waals surface area contributed by atoms with Crippen molar-refractivity contribution in [2.45, 2.75) is 18.9 Å². The molecule has 0 aliphatic rings. The van der Waals surface area contributed by atoms with Gasteiger partial charge in [0.2, 0.25) is 5.91 Å². The quantitative estimate of drug-likeness (QED) is 0.795. The van der Waals surface area contributed by atoms with Crippen LogP contribution in [-0.4, -0.2) is 50.5 Å². The van der Waals surface area contributed by atoms with Crippen LogP contribution in [0.5, 0.6) is 0 Å². The summed E-state index contributed by atoms with van der Waals surface area (Å²) < 4.78 is 1.58. The molecule has 0 aromatic carbocycles. The zero-order chi connectivity index (χ0) is 17.0. The highest BCUT2D eigenvalue weighted by atomic mass is 16.4. The lowest BCUT2D eigenvalue weighted by Crippen LogP contribution is -2.25. The molecule has 2 rings (SSSR count). The predicted octanol–water partition coefficient (Wildman–Crippen LogP) is 0.359. The summed E-state index contributed by atoms with van der Waals surface area (Å²) >= 11 is 0. The van der Waals surface area contributed by atoms with E-state index in [0.29, 0.717) is 11.5 Å². The largest absolute Gasteiger partial charge is 0.481 e. The van der Waals surface area contributed by atoms with Crippen LogP contribution in [0, 0.1) is 0 Å². The Hall–Kier alpha value is -2.90. The van der Waals surface area contributed by atoms with Gasteiger partial charge in [0.15, 0.2) is 0 Å². The zero-order valence-corrected chi connectivity index (χ0v) is 13.0. The highest BCUT2D eigenvalue weighted by Gasteiger charge is 2.23. The van der Waals surface area contributed by atoms with Crippen molar-refractivity contribution in [3.63, 3.8) is 0 Å². The van der Waals surface area contributed by atoms with Gasteiger partial charge in [0.05, 0.1) is 12.0 Å². The maximum atomic E-state index is 11.7. The predicted molar refractivity (Wildman–Crippen MR) is 83.7 cm³/mol. The van der Waals surface area contributed by atoms with E-state index in [4.69, 9.17) is 5.73 Å².